The third kappa shape index (κ3) is 3.88. The lowest BCUT2D eigenvalue weighted by molar-refractivity contribution is 0.710. The predicted molar refractivity (Wildman–Crippen MR) is 80.4 cm³/mol. The molecule has 1 aromatic carbocycles. The summed E-state index contributed by atoms with van der Waals surface area (Å²) in [6.07, 6.45) is 8.26. The Balaban J connectivity index is 2.04. The lowest BCUT2D eigenvalue weighted by Crippen LogP contribution is -1.95. The molecule has 0 heterocycles. The Hall–Kier alpha value is -0.750. The lowest BCUT2D eigenvalue weighted by Gasteiger charge is -2.09. The smallest absolute Gasteiger partial charge is 0.0518 e. The first-order valence-corrected chi connectivity index (χ1v) is 7.51. The number of allylic oxidation sites excluding steroid dienone is 2. The number of hydrogen-bond donors (Lipinski definition) is 0. The van der Waals surface area contributed by atoms with E-state index in [1.165, 1.54) is 36.0 Å². The molecule has 0 radical (unpaired) electrons. The monoisotopic (exact) mass is 262 g/mol. The van der Waals surface area contributed by atoms with Crippen molar-refractivity contribution in [2.75, 3.05) is 0 Å². The molecule has 1 aliphatic carbocycles. The zero-order valence-electron chi connectivity index (χ0n) is 11.5. The van der Waals surface area contributed by atoms with Gasteiger partial charge in [-0.3, -0.25) is 0 Å². The number of alkyl halides is 1. The maximum Gasteiger partial charge on any atom is 0.0518 e. The Morgan fingerprint density at radius 1 is 1.17 bits per heavy atom. The fourth-order valence-corrected chi connectivity index (χ4v) is 2.88. The van der Waals surface area contributed by atoms with Crippen LogP contribution in [0, 0.1) is 0 Å². The van der Waals surface area contributed by atoms with Gasteiger partial charge in [-0.15, -0.1) is 11.6 Å². The van der Waals surface area contributed by atoms with Crippen molar-refractivity contribution in [1.82, 2.24) is 0 Å². The Bertz CT molecular complexity index is 400. The van der Waals surface area contributed by atoms with E-state index in [-0.39, 0.29) is 5.38 Å². The molecule has 1 aliphatic rings. The summed E-state index contributed by atoms with van der Waals surface area (Å²) in [7, 11) is 0. The topological polar surface area (TPSA) is 0 Å². The van der Waals surface area contributed by atoms with Crippen molar-refractivity contribution in [2.24, 2.45) is 0 Å². The van der Waals surface area contributed by atoms with E-state index in [2.05, 4.69) is 44.2 Å². The molecule has 0 saturated heterocycles. The third-order valence-electron chi connectivity index (χ3n) is 3.72. The van der Waals surface area contributed by atoms with Gasteiger partial charge in [-0.05, 0) is 42.7 Å². The highest BCUT2D eigenvalue weighted by Gasteiger charge is 2.10. The summed E-state index contributed by atoms with van der Waals surface area (Å²) in [4.78, 5) is 0. The first kappa shape index (κ1) is 13.7. The van der Waals surface area contributed by atoms with E-state index in [1.807, 2.05) is 0 Å². The van der Waals surface area contributed by atoms with Gasteiger partial charge in [0.25, 0.3) is 0 Å². The van der Waals surface area contributed by atoms with Gasteiger partial charge in [0.15, 0.2) is 0 Å². The van der Waals surface area contributed by atoms with Crippen molar-refractivity contribution in [3.8, 4) is 0 Å². The summed E-state index contributed by atoms with van der Waals surface area (Å²) in [5.74, 6) is 0.614. The van der Waals surface area contributed by atoms with Gasteiger partial charge < -0.3 is 0 Å². The molecule has 1 heteroatoms. The van der Waals surface area contributed by atoms with Gasteiger partial charge in [0.1, 0.15) is 0 Å². The van der Waals surface area contributed by atoms with E-state index in [9.17, 15) is 0 Å². The van der Waals surface area contributed by atoms with Crippen molar-refractivity contribution in [2.45, 2.75) is 57.2 Å². The van der Waals surface area contributed by atoms with Gasteiger partial charge in [-0.2, -0.15) is 0 Å². The summed E-state index contributed by atoms with van der Waals surface area (Å²) in [6.45, 7) is 4.47. The Morgan fingerprint density at radius 2 is 1.89 bits per heavy atom. The van der Waals surface area contributed by atoms with Gasteiger partial charge in [0.2, 0.25) is 0 Å². The molecular formula is C17H23Cl. The predicted octanol–water partition coefficient (Wildman–Crippen LogP) is 5.46. The van der Waals surface area contributed by atoms with Crippen LogP contribution in [0.2, 0.25) is 0 Å². The highest BCUT2D eigenvalue weighted by Crippen LogP contribution is 2.24. The summed E-state index contributed by atoms with van der Waals surface area (Å²) in [5, 5.41) is 0.248. The fourth-order valence-electron chi connectivity index (χ4n) is 2.54. The van der Waals surface area contributed by atoms with Gasteiger partial charge in [0, 0.05) is 0 Å². The zero-order valence-corrected chi connectivity index (χ0v) is 12.2. The third-order valence-corrected chi connectivity index (χ3v) is 4.07. The van der Waals surface area contributed by atoms with E-state index in [4.69, 9.17) is 11.6 Å². The second kappa shape index (κ2) is 6.43. The van der Waals surface area contributed by atoms with Crippen LogP contribution in [0.5, 0.6) is 0 Å². The van der Waals surface area contributed by atoms with Crippen LogP contribution in [0.3, 0.4) is 0 Å². The Morgan fingerprint density at radius 3 is 2.56 bits per heavy atom. The number of halogens is 1. The van der Waals surface area contributed by atoms with Gasteiger partial charge in [-0.25, -0.2) is 0 Å². The highest BCUT2D eigenvalue weighted by molar-refractivity contribution is 6.21. The fraction of sp³-hybridized carbons (Fsp3) is 0.529. The molecule has 18 heavy (non-hydrogen) atoms. The molecule has 2 rings (SSSR count). The highest BCUT2D eigenvalue weighted by atomic mass is 35.5. The van der Waals surface area contributed by atoms with Crippen LogP contribution in [0.25, 0.3) is 0 Å². The van der Waals surface area contributed by atoms with Crippen LogP contribution in [-0.4, -0.2) is 5.38 Å². The normalized spacial score (nSPS) is 20.7. The van der Waals surface area contributed by atoms with Crippen molar-refractivity contribution in [3.63, 3.8) is 0 Å². The quantitative estimate of drug-likeness (QED) is 0.501. The van der Waals surface area contributed by atoms with Crippen molar-refractivity contribution < 1.29 is 0 Å². The lowest BCUT2D eigenvalue weighted by atomic mass is 9.97. The number of hydrogen-bond acceptors (Lipinski definition) is 0. The first-order chi connectivity index (χ1) is 8.65. The van der Waals surface area contributed by atoms with Gasteiger partial charge in [-0.1, -0.05) is 56.2 Å². The van der Waals surface area contributed by atoms with Crippen LogP contribution in [0.4, 0.5) is 0 Å². The second-order valence-corrected chi connectivity index (χ2v) is 6.22. The minimum Gasteiger partial charge on any atom is -0.118 e. The standard InChI is InChI=1S/C17H23Cl/c1-13(2)16-9-7-14(8-10-16)11-15-5-3-4-6-17(18)12-15/h7-10,12-13,17H,3-6,11H2,1-2H3. The summed E-state index contributed by atoms with van der Waals surface area (Å²) in [5.41, 5.74) is 4.35. The number of benzene rings is 1. The van der Waals surface area contributed by atoms with Crippen LogP contribution in [0.1, 0.15) is 56.6 Å². The Labute approximate surface area is 116 Å². The zero-order chi connectivity index (χ0) is 13.0. The molecule has 1 atom stereocenters. The molecule has 0 spiro atoms. The molecule has 0 fully saturated rings. The van der Waals surface area contributed by atoms with Crippen LogP contribution < -0.4 is 0 Å². The van der Waals surface area contributed by atoms with Crippen molar-refractivity contribution >= 4 is 11.6 Å². The molecule has 0 N–H and O–H groups in total. The van der Waals surface area contributed by atoms with E-state index in [0.29, 0.717) is 5.92 Å². The molecule has 98 valence electrons. The van der Waals surface area contributed by atoms with Gasteiger partial charge >= 0.3 is 0 Å². The molecular weight excluding hydrogens is 240 g/mol. The molecule has 0 aliphatic heterocycles. The largest absolute Gasteiger partial charge is 0.118 e. The maximum atomic E-state index is 6.27. The molecule has 0 bridgehead atoms. The molecule has 0 aromatic heterocycles. The van der Waals surface area contributed by atoms with E-state index >= 15 is 0 Å². The molecule has 0 nitrogen and oxygen atoms in total. The van der Waals surface area contributed by atoms with E-state index < -0.39 is 0 Å². The molecule has 1 aromatic rings. The molecule has 0 amide bonds. The van der Waals surface area contributed by atoms with E-state index in [0.717, 1.165) is 12.8 Å². The maximum absolute atomic E-state index is 6.27. The first-order valence-electron chi connectivity index (χ1n) is 7.07. The van der Waals surface area contributed by atoms with Crippen molar-refractivity contribution in [3.05, 3.63) is 47.0 Å². The minimum absolute atomic E-state index is 0.248. The average molecular weight is 263 g/mol. The summed E-state index contributed by atoms with van der Waals surface area (Å²) >= 11 is 6.27. The van der Waals surface area contributed by atoms with Gasteiger partial charge in [0.05, 0.1) is 5.38 Å². The van der Waals surface area contributed by atoms with Crippen molar-refractivity contribution in [1.29, 1.82) is 0 Å². The SMILES string of the molecule is CC(C)c1ccc(CC2=CC(Cl)CCCC2)cc1. The minimum atomic E-state index is 0.248. The molecule has 0 saturated carbocycles. The summed E-state index contributed by atoms with van der Waals surface area (Å²) in [6, 6.07) is 9.06. The Kier molecular flexibility index (Phi) is 4.88. The average Bonchev–Trinajstić information content (AvgIpc) is 2.54. The van der Waals surface area contributed by atoms with Crippen LogP contribution in [0.15, 0.2) is 35.9 Å². The van der Waals surface area contributed by atoms with Crippen LogP contribution >= 0.6 is 11.6 Å². The molecule has 1 unspecified atom stereocenters. The summed E-state index contributed by atoms with van der Waals surface area (Å²) < 4.78 is 0. The second-order valence-electron chi connectivity index (χ2n) is 5.66. The van der Waals surface area contributed by atoms with E-state index in [1.54, 1.807) is 0 Å². The van der Waals surface area contributed by atoms with Crippen LogP contribution in [-0.2, 0) is 6.42 Å². The number of rotatable bonds is 3.